The Balaban J connectivity index is -0.00000000500. The van der Waals surface area contributed by atoms with Crippen molar-refractivity contribution in [2.24, 2.45) is 0 Å². The standard InChI is InChI=1S/Bi.Cu.Mo.W.2H. The second-order valence-corrected chi connectivity index (χ2v) is 0. The third-order valence-electron chi connectivity index (χ3n) is 0. The summed E-state index contributed by atoms with van der Waals surface area (Å²) in [6.45, 7) is 0. The third kappa shape index (κ3) is 8.84. The molecule has 0 aromatic rings. The molecule has 0 heterocycles. The minimum Gasteiger partial charge on any atom is 0 e. The van der Waals surface area contributed by atoms with Crippen molar-refractivity contribution in [3.8, 4) is 0 Å². The average molecular weight is 554 g/mol. The number of hydrogen-bond donors (Lipinski definition) is 0. The second-order valence-electron chi connectivity index (χ2n) is 0. The summed E-state index contributed by atoms with van der Waals surface area (Å²) in [5.74, 6) is 0. The summed E-state index contributed by atoms with van der Waals surface area (Å²) in [7, 11) is 0. The van der Waals surface area contributed by atoms with Crippen molar-refractivity contribution in [1.82, 2.24) is 0 Å². The van der Waals surface area contributed by atoms with Crippen LogP contribution in [0.15, 0.2) is 0 Å². The Morgan fingerprint density at radius 1 is 1.25 bits per heavy atom. The second kappa shape index (κ2) is 17.1. The minimum absolute atomic E-state index is 0. The third-order valence-corrected chi connectivity index (χ3v) is 0. The normalized spacial score (nSPS) is 1.25. The van der Waals surface area contributed by atoms with Crippen molar-refractivity contribution in [2.45, 2.75) is 0 Å². The molecule has 30 valence electrons. The molecule has 0 aliphatic carbocycles. The maximum atomic E-state index is 2.12. The predicted molar refractivity (Wildman–Crippen MR) is 8.54 cm³/mol. The molecule has 4 heavy (non-hydrogen) atoms. The smallest absolute Gasteiger partial charge is 0 e. The Labute approximate surface area is 73.6 Å². The van der Waals surface area contributed by atoms with Gasteiger partial charge in [-0.05, 0) is 0 Å². The molecule has 1 radical (unpaired) electrons. The first-order valence-corrected chi connectivity index (χ1v) is 12.2. The van der Waals surface area contributed by atoms with E-state index in [1.54, 1.807) is 0 Å². The molecule has 0 unspecified atom stereocenters. The van der Waals surface area contributed by atoms with E-state index in [9.17, 15) is 0 Å². The summed E-state index contributed by atoms with van der Waals surface area (Å²) in [6.07, 6.45) is 0. The van der Waals surface area contributed by atoms with Gasteiger partial charge in [-0.2, -0.15) is 0 Å². The molecule has 4 heteroatoms. The first-order valence-electron chi connectivity index (χ1n) is 0.236. The number of hydrogen-bond acceptors (Lipinski definition) is 0. The quantitative estimate of drug-likeness (QED) is 0.340. The Morgan fingerprint density at radius 3 is 1.25 bits per heavy atom. The molecule has 0 aliphatic rings. The van der Waals surface area contributed by atoms with E-state index in [1.165, 1.54) is 21.3 Å². The molecule has 0 aromatic heterocycles. The molecular weight excluding hydrogens is 552 g/mol. The van der Waals surface area contributed by atoms with Crippen LogP contribution in [0.25, 0.3) is 0 Å². The van der Waals surface area contributed by atoms with Gasteiger partial charge in [-0.3, -0.25) is 0 Å². The fraction of sp³-hybridized carbons (Fsp3) is 0. The molecular formula is H2BiCuMoW. The molecule has 0 saturated heterocycles. The maximum absolute atomic E-state index is 2.12. The van der Waals surface area contributed by atoms with Gasteiger partial charge in [0.1, 0.15) is 0 Å². The summed E-state index contributed by atoms with van der Waals surface area (Å²) in [5, 5.41) is 0. The van der Waals surface area contributed by atoms with Crippen molar-refractivity contribution in [3.05, 3.63) is 0 Å². The average Bonchev–Trinajstić information content (AvgIpc) is 1.00. The topological polar surface area (TPSA) is 0 Å². The fourth-order valence-electron chi connectivity index (χ4n) is 0. The first kappa shape index (κ1) is 15.9. The summed E-state index contributed by atoms with van der Waals surface area (Å²) in [5.41, 5.74) is 0. The Kier molecular flexibility index (Phi) is 67.7. The summed E-state index contributed by atoms with van der Waals surface area (Å²) >= 11 is 3.29. The van der Waals surface area contributed by atoms with Crippen molar-refractivity contribution in [3.63, 3.8) is 0 Å². The van der Waals surface area contributed by atoms with Gasteiger partial charge in [-0.25, -0.2) is 0 Å². The van der Waals surface area contributed by atoms with E-state index in [4.69, 9.17) is 0 Å². The van der Waals surface area contributed by atoms with Gasteiger partial charge < -0.3 is 0 Å². The molecule has 0 spiro atoms. The van der Waals surface area contributed by atoms with Crippen molar-refractivity contribution < 1.29 is 53.7 Å². The fourth-order valence-corrected chi connectivity index (χ4v) is 0. The van der Waals surface area contributed by atoms with Crippen LogP contribution in [0.3, 0.4) is 0 Å². The van der Waals surface area contributed by atoms with Crippen LogP contribution in [-0.4, -0.2) is 21.3 Å². The molecule has 0 nitrogen and oxygen atoms in total. The van der Waals surface area contributed by atoms with Gasteiger partial charge in [0, 0.05) is 38.1 Å². The van der Waals surface area contributed by atoms with Gasteiger partial charge in [-0.1, -0.05) is 0 Å². The van der Waals surface area contributed by atoms with Crippen LogP contribution < -0.4 is 0 Å². The molecule has 0 aliphatic heterocycles. The summed E-state index contributed by atoms with van der Waals surface area (Å²) in [4.78, 5) is 0. The molecule has 0 N–H and O–H groups in total. The van der Waals surface area contributed by atoms with Crippen molar-refractivity contribution in [2.75, 3.05) is 0 Å². The Hall–Kier alpha value is 2.78. The van der Waals surface area contributed by atoms with E-state index in [1.807, 2.05) is 0 Å². The van der Waals surface area contributed by atoms with Crippen LogP contribution in [0.5, 0.6) is 0 Å². The molecule has 0 aromatic carbocycles. The molecule has 0 atom stereocenters. The Morgan fingerprint density at radius 2 is 1.25 bits per heavy atom. The van der Waals surface area contributed by atoms with E-state index in [2.05, 4.69) is 15.6 Å². The Bertz CT molecular complexity index is 8.00. The molecule has 0 fully saturated rings. The van der Waals surface area contributed by atoms with Gasteiger partial charge in [-0.15, -0.1) is 0 Å². The predicted octanol–water partition coefficient (Wildman–Crippen LogP) is -0.924. The molecule has 0 rings (SSSR count). The van der Waals surface area contributed by atoms with Gasteiger partial charge in [0.05, 0.1) is 0 Å². The zero-order valence-electron chi connectivity index (χ0n) is 1.70. The van der Waals surface area contributed by atoms with Gasteiger partial charge in [0.2, 0.25) is 0 Å². The van der Waals surface area contributed by atoms with Gasteiger partial charge >= 0.3 is 36.9 Å². The maximum Gasteiger partial charge on any atom is 0 e. The summed E-state index contributed by atoms with van der Waals surface area (Å²) < 4.78 is 0. The van der Waals surface area contributed by atoms with E-state index in [-0.39, 0.29) is 38.1 Å². The van der Waals surface area contributed by atoms with Crippen LogP contribution in [0.2, 0.25) is 0 Å². The van der Waals surface area contributed by atoms with E-state index in [0.29, 0.717) is 0 Å². The van der Waals surface area contributed by atoms with E-state index >= 15 is 0 Å². The minimum atomic E-state index is 0. The van der Waals surface area contributed by atoms with Crippen molar-refractivity contribution in [1.29, 1.82) is 0 Å². The molecule has 0 amide bonds. The van der Waals surface area contributed by atoms with Crippen molar-refractivity contribution >= 4 is 21.3 Å². The van der Waals surface area contributed by atoms with Crippen LogP contribution >= 0.6 is 0 Å². The first-order chi connectivity index (χ1) is 1.00. The summed E-state index contributed by atoms with van der Waals surface area (Å²) in [6, 6.07) is 0. The zero-order chi connectivity index (χ0) is 2.00. The van der Waals surface area contributed by atoms with Gasteiger partial charge in [0.25, 0.3) is 0 Å². The number of rotatable bonds is 0. The van der Waals surface area contributed by atoms with Crippen LogP contribution in [0, 0.1) is 0 Å². The SMILES string of the molecule is [Cu].[Mo][BiH2].[W]. The van der Waals surface area contributed by atoms with Gasteiger partial charge in [0.15, 0.2) is 0 Å². The molecule has 0 bridgehead atoms. The molecule has 0 saturated carbocycles. The van der Waals surface area contributed by atoms with Crippen LogP contribution in [0.4, 0.5) is 0 Å². The van der Waals surface area contributed by atoms with E-state index < -0.39 is 0 Å². The largest absolute Gasteiger partial charge is 0 e. The van der Waals surface area contributed by atoms with E-state index in [0.717, 1.165) is 0 Å². The van der Waals surface area contributed by atoms with Crippen LogP contribution in [-0.2, 0) is 53.7 Å². The monoisotopic (exact) mass is 556 g/mol. The zero-order valence-corrected chi connectivity index (χ0v) is 12.1. The van der Waals surface area contributed by atoms with Crippen LogP contribution in [0.1, 0.15) is 0 Å².